The minimum atomic E-state index is 0.765. The van der Waals surface area contributed by atoms with E-state index in [9.17, 15) is 0 Å². The highest BCUT2D eigenvalue weighted by molar-refractivity contribution is 7.09. The highest BCUT2D eigenvalue weighted by atomic mass is 32.1. The van der Waals surface area contributed by atoms with Gasteiger partial charge in [-0.25, -0.2) is 0 Å². The minimum absolute atomic E-state index is 0.765. The summed E-state index contributed by atoms with van der Waals surface area (Å²) in [5.74, 6) is 0.966. The molecule has 96 valence electrons. The zero-order chi connectivity index (χ0) is 12.6. The van der Waals surface area contributed by atoms with Gasteiger partial charge in [0, 0.05) is 11.4 Å². The van der Waals surface area contributed by atoms with Crippen LogP contribution in [-0.4, -0.2) is 13.2 Å². The van der Waals surface area contributed by atoms with Gasteiger partial charge in [-0.05, 0) is 49.0 Å². The Bertz CT molecular complexity index is 453. The first-order valence-corrected chi connectivity index (χ1v) is 7.15. The summed E-state index contributed by atoms with van der Waals surface area (Å²) in [4.78, 5) is 1.38. The first-order chi connectivity index (χ1) is 8.84. The molecule has 0 unspecified atom stereocenters. The number of rotatable bonds is 7. The van der Waals surface area contributed by atoms with E-state index in [-0.39, 0.29) is 0 Å². The van der Waals surface area contributed by atoms with Crippen molar-refractivity contribution in [1.29, 1.82) is 0 Å². The quantitative estimate of drug-likeness (QED) is 0.769. The first kappa shape index (κ1) is 13.1. The van der Waals surface area contributed by atoms with Crippen molar-refractivity contribution in [3.63, 3.8) is 0 Å². The van der Waals surface area contributed by atoms with Crippen molar-refractivity contribution in [2.75, 3.05) is 13.2 Å². The highest BCUT2D eigenvalue weighted by Gasteiger charge is 1.95. The molecule has 1 N–H and O–H groups in total. The van der Waals surface area contributed by atoms with Crippen molar-refractivity contribution in [2.45, 2.75) is 19.9 Å². The van der Waals surface area contributed by atoms with Gasteiger partial charge in [-0.1, -0.05) is 18.2 Å². The molecule has 18 heavy (non-hydrogen) atoms. The predicted octanol–water partition coefficient (Wildman–Crippen LogP) is 3.62. The summed E-state index contributed by atoms with van der Waals surface area (Å²) < 4.78 is 5.69. The van der Waals surface area contributed by atoms with E-state index in [0.717, 1.165) is 31.9 Å². The summed E-state index contributed by atoms with van der Waals surface area (Å²) in [7, 11) is 0. The summed E-state index contributed by atoms with van der Waals surface area (Å²) in [5.41, 5.74) is 1.24. The molecule has 0 aliphatic rings. The van der Waals surface area contributed by atoms with Crippen LogP contribution in [0.15, 0.2) is 41.8 Å². The molecule has 0 saturated carbocycles. The van der Waals surface area contributed by atoms with E-state index < -0.39 is 0 Å². The van der Waals surface area contributed by atoms with Crippen molar-refractivity contribution in [1.82, 2.24) is 5.32 Å². The van der Waals surface area contributed by atoms with Crippen LogP contribution in [0.3, 0.4) is 0 Å². The lowest BCUT2D eigenvalue weighted by Crippen LogP contribution is -2.16. The Balaban J connectivity index is 1.56. The highest BCUT2D eigenvalue weighted by Crippen LogP contribution is 2.12. The molecule has 0 aliphatic carbocycles. The fourth-order valence-electron chi connectivity index (χ4n) is 1.72. The SMILES string of the molecule is Cc1cccc(OCCCNCc2cccs2)c1. The van der Waals surface area contributed by atoms with Gasteiger partial charge in [0.2, 0.25) is 0 Å². The third-order valence-corrected chi connectivity index (χ3v) is 3.51. The Hall–Kier alpha value is -1.32. The Labute approximate surface area is 113 Å². The van der Waals surface area contributed by atoms with Crippen LogP contribution in [0.2, 0.25) is 0 Å². The average Bonchev–Trinajstić information content (AvgIpc) is 2.87. The van der Waals surface area contributed by atoms with Gasteiger partial charge in [0.15, 0.2) is 0 Å². The number of benzene rings is 1. The number of hydrogen-bond acceptors (Lipinski definition) is 3. The van der Waals surface area contributed by atoms with Gasteiger partial charge in [-0.3, -0.25) is 0 Å². The molecule has 0 bridgehead atoms. The lowest BCUT2D eigenvalue weighted by molar-refractivity contribution is 0.308. The normalized spacial score (nSPS) is 10.5. The van der Waals surface area contributed by atoms with Crippen molar-refractivity contribution in [3.05, 3.63) is 52.2 Å². The molecule has 1 aromatic heterocycles. The van der Waals surface area contributed by atoms with Crippen LogP contribution in [0.5, 0.6) is 5.75 Å². The monoisotopic (exact) mass is 261 g/mol. The van der Waals surface area contributed by atoms with Gasteiger partial charge in [-0.2, -0.15) is 0 Å². The van der Waals surface area contributed by atoms with Gasteiger partial charge in [0.25, 0.3) is 0 Å². The molecule has 2 nitrogen and oxygen atoms in total. The summed E-state index contributed by atoms with van der Waals surface area (Å²) in [6.07, 6.45) is 1.03. The minimum Gasteiger partial charge on any atom is -0.494 e. The van der Waals surface area contributed by atoms with Crippen LogP contribution in [-0.2, 0) is 6.54 Å². The maximum atomic E-state index is 5.69. The second kappa shape index (κ2) is 7.19. The van der Waals surface area contributed by atoms with Crippen LogP contribution < -0.4 is 10.1 Å². The van der Waals surface area contributed by atoms with E-state index in [0.29, 0.717) is 0 Å². The van der Waals surface area contributed by atoms with Crippen LogP contribution in [0.1, 0.15) is 16.9 Å². The number of nitrogens with one attached hydrogen (secondary N) is 1. The summed E-state index contributed by atoms with van der Waals surface area (Å²) in [6, 6.07) is 12.4. The van der Waals surface area contributed by atoms with E-state index in [4.69, 9.17) is 4.74 Å². The van der Waals surface area contributed by atoms with Crippen molar-refractivity contribution >= 4 is 11.3 Å². The molecule has 3 heteroatoms. The molecule has 0 aliphatic heterocycles. The van der Waals surface area contributed by atoms with Gasteiger partial charge in [0.1, 0.15) is 5.75 Å². The second-order valence-electron chi connectivity index (χ2n) is 4.27. The zero-order valence-corrected chi connectivity index (χ0v) is 11.5. The van der Waals surface area contributed by atoms with Gasteiger partial charge in [0.05, 0.1) is 6.61 Å². The zero-order valence-electron chi connectivity index (χ0n) is 10.7. The van der Waals surface area contributed by atoms with Crippen LogP contribution in [0.25, 0.3) is 0 Å². The van der Waals surface area contributed by atoms with Crippen LogP contribution in [0.4, 0.5) is 0 Å². The lowest BCUT2D eigenvalue weighted by atomic mass is 10.2. The van der Waals surface area contributed by atoms with Crippen molar-refractivity contribution in [3.8, 4) is 5.75 Å². The molecule has 1 heterocycles. The molecular weight excluding hydrogens is 242 g/mol. The van der Waals surface area contributed by atoms with E-state index in [1.807, 2.05) is 12.1 Å². The molecule has 1 aromatic carbocycles. The Kier molecular flexibility index (Phi) is 5.24. The lowest BCUT2D eigenvalue weighted by Gasteiger charge is -2.07. The Morgan fingerprint density at radius 3 is 2.94 bits per heavy atom. The van der Waals surface area contributed by atoms with Crippen molar-refractivity contribution in [2.24, 2.45) is 0 Å². The molecule has 0 saturated heterocycles. The smallest absolute Gasteiger partial charge is 0.119 e. The van der Waals surface area contributed by atoms with E-state index in [2.05, 4.69) is 41.9 Å². The summed E-state index contributed by atoms with van der Waals surface area (Å²) in [5, 5.41) is 5.52. The average molecular weight is 261 g/mol. The fourth-order valence-corrected chi connectivity index (χ4v) is 2.39. The Morgan fingerprint density at radius 2 is 2.17 bits per heavy atom. The molecule has 2 rings (SSSR count). The van der Waals surface area contributed by atoms with Gasteiger partial charge < -0.3 is 10.1 Å². The molecule has 0 atom stereocenters. The summed E-state index contributed by atoms with van der Waals surface area (Å²) in [6.45, 7) is 4.79. The third kappa shape index (κ3) is 4.51. The maximum absolute atomic E-state index is 5.69. The van der Waals surface area contributed by atoms with E-state index >= 15 is 0 Å². The number of ether oxygens (including phenoxy) is 1. The maximum Gasteiger partial charge on any atom is 0.119 e. The predicted molar refractivity (Wildman–Crippen MR) is 77.3 cm³/mol. The molecule has 0 radical (unpaired) electrons. The molecule has 0 fully saturated rings. The van der Waals surface area contributed by atoms with Gasteiger partial charge >= 0.3 is 0 Å². The fraction of sp³-hybridized carbons (Fsp3) is 0.333. The first-order valence-electron chi connectivity index (χ1n) is 6.27. The standard InChI is InChI=1S/C15H19NOS/c1-13-5-2-6-14(11-13)17-9-4-8-16-12-15-7-3-10-18-15/h2-3,5-7,10-11,16H,4,8-9,12H2,1H3. The molecule has 0 amide bonds. The van der Waals surface area contributed by atoms with Gasteiger partial charge in [-0.15, -0.1) is 11.3 Å². The van der Waals surface area contributed by atoms with Crippen LogP contribution in [0, 0.1) is 6.92 Å². The third-order valence-electron chi connectivity index (χ3n) is 2.64. The second-order valence-corrected chi connectivity index (χ2v) is 5.31. The molecule has 2 aromatic rings. The number of hydrogen-bond donors (Lipinski definition) is 1. The molecule has 0 spiro atoms. The number of thiophene rings is 1. The Morgan fingerprint density at radius 1 is 1.22 bits per heavy atom. The number of aryl methyl sites for hydroxylation is 1. The summed E-state index contributed by atoms with van der Waals surface area (Å²) >= 11 is 1.79. The van der Waals surface area contributed by atoms with Crippen LogP contribution >= 0.6 is 11.3 Å². The van der Waals surface area contributed by atoms with E-state index in [1.54, 1.807) is 11.3 Å². The van der Waals surface area contributed by atoms with Crippen molar-refractivity contribution < 1.29 is 4.74 Å². The van der Waals surface area contributed by atoms with E-state index in [1.165, 1.54) is 10.4 Å². The largest absolute Gasteiger partial charge is 0.494 e. The topological polar surface area (TPSA) is 21.3 Å². The molecular formula is C15H19NOS.